The molecule has 3 unspecified atom stereocenters. The summed E-state index contributed by atoms with van der Waals surface area (Å²) in [5.74, 6) is 0. The molecule has 3 atom stereocenters. The zero-order valence-corrected chi connectivity index (χ0v) is 6.49. The zero-order valence-electron chi connectivity index (χ0n) is 5.67. The molecule has 9 heavy (non-hydrogen) atoms. The average Bonchev–Trinajstić information content (AvgIpc) is 2.64. The van der Waals surface area contributed by atoms with Crippen LogP contribution in [0.2, 0.25) is 0 Å². The number of hydrogen-bond acceptors (Lipinski definition) is 2. The molecule has 1 saturated carbocycles. The Balaban J connectivity index is 1.86. The highest BCUT2D eigenvalue weighted by Crippen LogP contribution is 2.39. The molecule has 2 fully saturated rings. The number of ether oxygens (including phenoxy) is 1. The summed E-state index contributed by atoms with van der Waals surface area (Å²) in [5.41, 5.74) is 0. The molecule has 1 aliphatic heterocycles. The normalized spacial score (nSPS) is 48.3. The molecule has 0 spiro atoms. The van der Waals surface area contributed by atoms with Crippen molar-refractivity contribution in [3.8, 4) is 0 Å². The number of fused-ring (bicyclic) bond motifs is 1. The second-order valence-electron chi connectivity index (χ2n) is 2.88. The van der Waals surface area contributed by atoms with Gasteiger partial charge in [0.25, 0.3) is 0 Å². The van der Waals surface area contributed by atoms with Gasteiger partial charge in [0.2, 0.25) is 0 Å². The minimum Gasteiger partial charge on any atom is -0.370 e. The lowest BCUT2D eigenvalue weighted by molar-refractivity contribution is 0.373. The van der Waals surface area contributed by atoms with Gasteiger partial charge in [-0.25, -0.2) is 0 Å². The summed E-state index contributed by atoms with van der Waals surface area (Å²) in [7, 11) is 0. The van der Waals surface area contributed by atoms with Gasteiger partial charge < -0.3 is 4.74 Å². The molecule has 2 heteroatoms. The highest BCUT2D eigenvalue weighted by atomic mass is 32.2. The van der Waals surface area contributed by atoms with Gasteiger partial charge in [-0.15, -0.1) is 0 Å². The van der Waals surface area contributed by atoms with E-state index in [0.717, 1.165) is 5.25 Å². The van der Waals surface area contributed by atoms with E-state index in [-0.39, 0.29) is 0 Å². The lowest BCUT2D eigenvalue weighted by Gasteiger charge is -2.15. The summed E-state index contributed by atoms with van der Waals surface area (Å²) in [4.78, 5) is 0. The fourth-order valence-corrected chi connectivity index (χ4v) is 2.34. The summed E-state index contributed by atoms with van der Waals surface area (Å²) in [6.07, 6.45) is 7.54. The molecular formula is C7H12OS. The van der Waals surface area contributed by atoms with Crippen LogP contribution < -0.4 is 0 Å². The minimum atomic E-state index is 0.663. The van der Waals surface area contributed by atoms with Gasteiger partial charge in [0.1, 0.15) is 0 Å². The highest BCUT2D eigenvalue weighted by molar-refractivity contribution is 7.99. The summed E-state index contributed by atoms with van der Waals surface area (Å²) in [5, 5.41) is 0.897. The molecule has 0 aromatic heterocycles. The van der Waals surface area contributed by atoms with Gasteiger partial charge in [-0.1, -0.05) is 0 Å². The van der Waals surface area contributed by atoms with Crippen LogP contribution in [-0.2, 0) is 4.74 Å². The fraction of sp³-hybridized carbons (Fsp3) is 1.00. The van der Waals surface area contributed by atoms with Gasteiger partial charge in [0, 0.05) is 5.25 Å². The van der Waals surface area contributed by atoms with Crippen LogP contribution in [0.4, 0.5) is 0 Å². The van der Waals surface area contributed by atoms with Crippen LogP contribution in [-0.4, -0.2) is 23.7 Å². The van der Waals surface area contributed by atoms with Crippen molar-refractivity contribution >= 4 is 11.8 Å². The standard InChI is InChI=1S/C7H12OS/c1-9-5-2-3-6-7(4-5)8-6/h5-7H,2-4H2,1H3. The van der Waals surface area contributed by atoms with E-state index < -0.39 is 0 Å². The molecule has 0 bridgehead atoms. The number of epoxide rings is 1. The molecule has 1 nitrogen and oxygen atoms in total. The second kappa shape index (κ2) is 2.17. The van der Waals surface area contributed by atoms with Crippen molar-refractivity contribution < 1.29 is 4.74 Å². The van der Waals surface area contributed by atoms with Crippen LogP contribution in [0.3, 0.4) is 0 Å². The summed E-state index contributed by atoms with van der Waals surface area (Å²) in [6, 6.07) is 0. The van der Waals surface area contributed by atoms with Crippen LogP contribution >= 0.6 is 11.8 Å². The van der Waals surface area contributed by atoms with Crippen LogP contribution in [0.15, 0.2) is 0 Å². The summed E-state index contributed by atoms with van der Waals surface area (Å²) >= 11 is 2.00. The van der Waals surface area contributed by atoms with Gasteiger partial charge in [-0.3, -0.25) is 0 Å². The third-order valence-corrected chi connectivity index (χ3v) is 3.38. The summed E-state index contributed by atoms with van der Waals surface area (Å²) in [6.45, 7) is 0. The molecule has 0 amide bonds. The molecule has 0 aromatic rings. The van der Waals surface area contributed by atoms with Gasteiger partial charge in [-0.05, 0) is 25.5 Å². The third-order valence-electron chi connectivity index (χ3n) is 2.29. The maximum Gasteiger partial charge on any atom is 0.0852 e. The zero-order chi connectivity index (χ0) is 6.27. The van der Waals surface area contributed by atoms with E-state index >= 15 is 0 Å². The fourth-order valence-electron chi connectivity index (χ4n) is 1.58. The topological polar surface area (TPSA) is 12.5 Å². The van der Waals surface area contributed by atoms with Gasteiger partial charge in [0.15, 0.2) is 0 Å². The number of rotatable bonds is 1. The van der Waals surface area contributed by atoms with Crippen molar-refractivity contribution in [2.24, 2.45) is 0 Å². The lowest BCUT2D eigenvalue weighted by Crippen LogP contribution is -2.14. The van der Waals surface area contributed by atoms with Crippen LogP contribution in [0, 0.1) is 0 Å². The molecule has 1 saturated heterocycles. The van der Waals surface area contributed by atoms with E-state index in [9.17, 15) is 0 Å². The van der Waals surface area contributed by atoms with Gasteiger partial charge >= 0.3 is 0 Å². The van der Waals surface area contributed by atoms with Crippen molar-refractivity contribution in [3.63, 3.8) is 0 Å². The monoisotopic (exact) mass is 144 g/mol. The van der Waals surface area contributed by atoms with Crippen molar-refractivity contribution in [2.45, 2.75) is 36.7 Å². The van der Waals surface area contributed by atoms with E-state index in [0.29, 0.717) is 12.2 Å². The van der Waals surface area contributed by atoms with Crippen LogP contribution in [0.5, 0.6) is 0 Å². The van der Waals surface area contributed by atoms with Crippen molar-refractivity contribution in [1.29, 1.82) is 0 Å². The predicted octanol–water partition coefficient (Wildman–Crippen LogP) is 1.67. The third kappa shape index (κ3) is 1.10. The Labute approximate surface area is 60.2 Å². The number of hydrogen-bond donors (Lipinski definition) is 0. The molecule has 52 valence electrons. The first-order valence-corrected chi connectivity index (χ1v) is 4.87. The Hall–Kier alpha value is 0.310. The van der Waals surface area contributed by atoms with E-state index in [1.807, 2.05) is 11.8 Å². The molecule has 0 radical (unpaired) electrons. The smallest absolute Gasteiger partial charge is 0.0852 e. The highest BCUT2D eigenvalue weighted by Gasteiger charge is 2.43. The van der Waals surface area contributed by atoms with Gasteiger partial charge in [0.05, 0.1) is 12.2 Å². The Morgan fingerprint density at radius 2 is 2.22 bits per heavy atom. The van der Waals surface area contributed by atoms with Crippen molar-refractivity contribution in [2.75, 3.05) is 6.26 Å². The molecule has 2 aliphatic rings. The Bertz CT molecular complexity index is 115. The van der Waals surface area contributed by atoms with E-state index in [1.165, 1.54) is 19.3 Å². The second-order valence-corrected chi connectivity index (χ2v) is 4.02. The largest absolute Gasteiger partial charge is 0.370 e. The Morgan fingerprint density at radius 1 is 1.33 bits per heavy atom. The van der Waals surface area contributed by atoms with Crippen LogP contribution in [0.25, 0.3) is 0 Å². The van der Waals surface area contributed by atoms with Crippen molar-refractivity contribution in [3.05, 3.63) is 0 Å². The van der Waals surface area contributed by atoms with E-state index in [2.05, 4.69) is 6.26 Å². The Morgan fingerprint density at radius 3 is 2.89 bits per heavy atom. The van der Waals surface area contributed by atoms with E-state index in [4.69, 9.17) is 4.74 Å². The first-order chi connectivity index (χ1) is 4.40. The summed E-state index contributed by atoms with van der Waals surface area (Å²) < 4.78 is 5.40. The molecular weight excluding hydrogens is 132 g/mol. The van der Waals surface area contributed by atoms with Gasteiger partial charge in [-0.2, -0.15) is 11.8 Å². The molecule has 0 N–H and O–H groups in total. The number of thioether (sulfide) groups is 1. The molecule has 0 aromatic carbocycles. The predicted molar refractivity (Wildman–Crippen MR) is 39.8 cm³/mol. The molecule has 1 heterocycles. The first kappa shape index (κ1) is 6.05. The minimum absolute atomic E-state index is 0.663. The first-order valence-electron chi connectivity index (χ1n) is 3.58. The quantitative estimate of drug-likeness (QED) is 0.519. The van der Waals surface area contributed by atoms with E-state index in [1.54, 1.807) is 0 Å². The van der Waals surface area contributed by atoms with Crippen LogP contribution in [0.1, 0.15) is 19.3 Å². The lowest BCUT2D eigenvalue weighted by atomic mass is 10.0. The molecule has 2 rings (SSSR count). The SMILES string of the molecule is CSC1CCC2OC2C1. The maximum absolute atomic E-state index is 5.40. The Kier molecular flexibility index (Phi) is 1.46. The maximum atomic E-state index is 5.40. The van der Waals surface area contributed by atoms with Crippen molar-refractivity contribution in [1.82, 2.24) is 0 Å². The average molecular weight is 144 g/mol. The molecule has 1 aliphatic carbocycles.